The first kappa shape index (κ1) is 20.1. The predicted molar refractivity (Wildman–Crippen MR) is 96.0 cm³/mol. The summed E-state index contributed by atoms with van der Waals surface area (Å²) in [5.74, 6) is -0.322. The maximum absolute atomic E-state index is 12.5. The number of carbonyl (C=O) groups is 1. The molecule has 1 aromatic rings. The molecule has 2 N–H and O–H groups in total. The Morgan fingerprint density at radius 3 is 2.68 bits per heavy atom. The van der Waals surface area contributed by atoms with Crippen molar-refractivity contribution in [1.29, 1.82) is 0 Å². The largest absolute Gasteiger partial charge is 0.398 e. The zero-order chi connectivity index (χ0) is 18.4. The number of aryl methyl sites for hydroxylation is 1. The Morgan fingerprint density at radius 1 is 1.36 bits per heavy atom. The Labute approximate surface area is 151 Å². The van der Waals surface area contributed by atoms with Gasteiger partial charge in [0.05, 0.1) is 11.4 Å². The number of alkyl halides is 3. The minimum atomic E-state index is -4.24. The fraction of sp³-hybridized carbons (Fsp3) is 0.611. The number of rotatable bonds is 6. The number of nitrogens with one attached hydrogen (secondary N) is 2. The predicted octanol–water partition coefficient (Wildman–Crippen LogP) is 4.61. The SMILES string of the molecule is Cc1ccc(SCC(F)(F)F)c(NC(=O)CC(C)C2CCNCC2)c1. The second-order valence-electron chi connectivity index (χ2n) is 6.72. The number of hydrogen-bond donors (Lipinski definition) is 2. The Bertz CT molecular complexity index is 586. The van der Waals surface area contributed by atoms with Gasteiger partial charge in [0.1, 0.15) is 0 Å². The number of piperidine rings is 1. The number of anilines is 1. The standard InChI is InChI=1S/C18H25F3N2OS/c1-12-3-4-16(25-11-18(19,20)21)15(9-12)23-17(24)10-13(2)14-5-7-22-8-6-14/h3-4,9,13-14,22H,5-8,10-11H2,1-2H3,(H,23,24). The Balaban J connectivity index is 1.97. The third-order valence-corrected chi connectivity index (χ3v) is 5.64. The van der Waals surface area contributed by atoms with Gasteiger partial charge < -0.3 is 10.6 Å². The first-order chi connectivity index (χ1) is 11.7. The van der Waals surface area contributed by atoms with Crippen LogP contribution in [-0.4, -0.2) is 30.9 Å². The molecule has 1 saturated heterocycles. The number of benzene rings is 1. The Hall–Kier alpha value is -1.21. The molecule has 1 aliphatic rings. The third kappa shape index (κ3) is 6.90. The van der Waals surface area contributed by atoms with Crippen molar-refractivity contribution in [2.75, 3.05) is 24.2 Å². The third-order valence-electron chi connectivity index (χ3n) is 4.50. The summed E-state index contributed by atoms with van der Waals surface area (Å²) in [5, 5.41) is 6.12. The summed E-state index contributed by atoms with van der Waals surface area (Å²) in [5.41, 5.74) is 1.37. The van der Waals surface area contributed by atoms with E-state index in [0.717, 1.165) is 31.5 Å². The van der Waals surface area contributed by atoms with Gasteiger partial charge in [-0.1, -0.05) is 13.0 Å². The van der Waals surface area contributed by atoms with Crippen molar-refractivity contribution < 1.29 is 18.0 Å². The first-order valence-electron chi connectivity index (χ1n) is 8.55. The average Bonchev–Trinajstić information content (AvgIpc) is 2.54. The second kappa shape index (κ2) is 8.94. The maximum Gasteiger partial charge on any atom is 0.398 e. The van der Waals surface area contributed by atoms with Crippen LogP contribution < -0.4 is 10.6 Å². The normalized spacial score (nSPS) is 17.3. The van der Waals surface area contributed by atoms with Gasteiger partial charge in [-0.25, -0.2) is 0 Å². The molecule has 140 valence electrons. The molecular weight excluding hydrogens is 349 g/mol. The van der Waals surface area contributed by atoms with E-state index >= 15 is 0 Å². The molecule has 0 aromatic heterocycles. The van der Waals surface area contributed by atoms with Crippen molar-refractivity contribution in [3.8, 4) is 0 Å². The summed E-state index contributed by atoms with van der Waals surface area (Å²) in [7, 11) is 0. The van der Waals surface area contributed by atoms with Crippen LogP contribution in [0.2, 0.25) is 0 Å². The van der Waals surface area contributed by atoms with E-state index in [-0.39, 0.29) is 11.8 Å². The number of carbonyl (C=O) groups excluding carboxylic acids is 1. The van der Waals surface area contributed by atoms with E-state index in [9.17, 15) is 18.0 Å². The van der Waals surface area contributed by atoms with Crippen molar-refractivity contribution in [3.63, 3.8) is 0 Å². The maximum atomic E-state index is 12.5. The molecule has 25 heavy (non-hydrogen) atoms. The summed E-state index contributed by atoms with van der Waals surface area (Å²) < 4.78 is 37.4. The summed E-state index contributed by atoms with van der Waals surface area (Å²) in [6.07, 6.45) is -1.72. The molecule has 3 nitrogen and oxygen atoms in total. The van der Waals surface area contributed by atoms with E-state index in [4.69, 9.17) is 0 Å². The summed E-state index contributed by atoms with van der Waals surface area (Å²) in [6, 6.07) is 5.12. The van der Waals surface area contributed by atoms with Crippen molar-refractivity contribution in [3.05, 3.63) is 23.8 Å². The lowest BCUT2D eigenvalue weighted by atomic mass is 9.84. The minimum absolute atomic E-state index is 0.134. The van der Waals surface area contributed by atoms with Crippen LogP contribution in [0.15, 0.2) is 23.1 Å². The van der Waals surface area contributed by atoms with Crippen molar-refractivity contribution in [2.45, 2.75) is 44.2 Å². The average molecular weight is 374 g/mol. The van der Waals surface area contributed by atoms with Gasteiger partial charge in [-0.15, -0.1) is 11.8 Å². The summed E-state index contributed by atoms with van der Waals surface area (Å²) in [4.78, 5) is 12.8. The molecule has 1 fully saturated rings. The quantitative estimate of drug-likeness (QED) is 0.714. The molecule has 0 saturated carbocycles. The van der Waals surface area contributed by atoms with Gasteiger partial charge in [-0.3, -0.25) is 4.79 Å². The molecule has 0 radical (unpaired) electrons. The van der Waals surface area contributed by atoms with Crippen LogP contribution in [0.5, 0.6) is 0 Å². The number of hydrogen-bond acceptors (Lipinski definition) is 3. The number of amides is 1. The van der Waals surface area contributed by atoms with E-state index in [1.165, 1.54) is 0 Å². The molecule has 1 atom stereocenters. The number of halogens is 3. The van der Waals surface area contributed by atoms with E-state index in [1.54, 1.807) is 18.2 Å². The molecule has 1 aromatic carbocycles. The molecule has 1 unspecified atom stereocenters. The van der Waals surface area contributed by atoms with Crippen LogP contribution in [0.4, 0.5) is 18.9 Å². The summed E-state index contributed by atoms with van der Waals surface area (Å²) >= 11 is 0.704. The van der Waals surface area contributed by atoms with Gasteiger partial charge in [0.2, 0.25) is 5.91 Å². The van der Waals surface area contributed by atoms with E-state index in [2.05, 4.69) is 17.6 Å². The van der Waals surface area contributed by atoms with Crippen LogP contribution in [0.1, 0.15) is 31.7 Å². The van der Waals surface area contributed by atoms with Gasteiger partial charge >= 0.3 is 6.18 Å². The van der Waals surface area contributed by atoms with Gasteiger partial charge in [-0.05, 0) is 62.4 Å². The molecule has 2 rings (SSSR count). The van der Waals surface area contributed by atoms with Crippen molar-refractivity contribution >= 4 is 23.4 Å². The van der Waals surface area contributed by atoms with E-state index < -0.39 is 11.9 Å². The van der Waals surface area contributed by atoms with Crippen LogP contribution in [0.25, 0.3) is 0 Å². The molecule has 0 aliphatic carbocycles. The smallest absolute Gasteiger partial charge is 0.325 e. The fourth-order valence-electron chi connectivity index (χ4n) is 3.10. The Kier molecular flexibility index (Phi) is 7.19. The second-order valence-corrected chi connectivity index (χ2v) is 7.74. The number of thioether (sulfide) groups is 1. The van der Waals surface area contributed by atoms with Crippen LogP contribution in [0, 0.1) is 18.8 Å². The minimum Gasteiger partial charge on any atom is -0.325 e. The molecule has 0 bridgehead atoms. The van der Waals surface area contributed by atoms with Crippen LogP contribution in [-0.2, 0) is 4.79 Å². The van der Waals surface area contributed by atoms with Crippen LogP contribution >= 0.6 is 11.8 Å². The Morgan fingerprint density at radius 2 is 2.04 bits per heavy atom. The van der Waals surface area contributed by atoms with Crippen molar-refractivity contribution in [1.82, 2.24) is 5.32 Å². The molecule has 1 aliphatic heterocycles. The molecule has 1 heterocycles. The van der Waals surface area contributed by atoms with Gasteiger partial charge in [0.15, 0.2) is 0 Å². The molecule has 7 heteroatoms. The monoisotopic (exact) mass is 374 g/mol. The highest BCUT2D eigenvalue weighted by Crippen LogP contribution is 2.33. The van der Waals surface area contributed by atoms with Gasteiger partial charge in [-0.2, -0.15) is 13.2 Å². The van der Waals surface area contributed by atoms with Crippen LogP contribution in [0.3, 0.4) is 0 Å². The van der Waals surface area contributed by atoms with E-state index in [0.29, 0.717) is 34.7 Å². The lowest BCUT2D eigenvalue weighted by Gasteiger charge is -2.28. The zero-order valence-corrected chi connectivity index (χ0v) is 15.4. The molecule has 0 spiro atoms. The summed E-state index contributed by atoms with van der Waals surface area (Å²) in [6.45, 7) is 5.89. The molecule has 1 amide bonds. The van der Waals surface area contributed by atoms with Gasteiger partial charge in [0, 0.05) is 11.3 Å². The van der Waals surface area contributed by atoms with Gasteiger partial charge in [0.25, 0.3) is 0 Å². The zero-order valence-electron chi connectivity index (χ0n) is 14.6. The fourth-order valence-corrected chi connectivity index (χ4v) is 3.85. The highest BCUT2D eigenvalue weighted by Gasteiger charge is 2.28. The highest BCUT2D eigenvalue weighted by molar-refractivity contribution is 7.99. The van der Waals surface area contributed by atoms with Crippen molar-refractivity contribution in [2.24, 2.45) is 11.8 Å². The van der Waals surface area contributed by atoms with E-state index in [1.807, 2.05) is 6.92 Å². The highest BCUT2D eigenvalue weighted by atomic mass is 32.2. The lowest BCUT2D eigenvalue weighted by Crippen LogP contribution is -2.32. The lowest BCUT2D eigenvalue weighted by molar-refractivity contribution is -0.117. The first-order valence-corrected chi connectivity index (χ1v) is 9.54. The molecular formula is C18H25F3N2OS. The topological polar surface area (TPSA) is 41.1 Å².